The number of benzene rings is 1. The smallest absolute Gasteiger partial charge is 0.216 e. The summed E-state index contributed by atoms with van der Waals surface area (Å²) in [5.74, 6) is 0.547. The minimum Gasteiger partial charge on any atom is -0.512 e. The third kappa shape index (κ3) is 7.11. The summed E-state index contributed by atoms with van der Waals surface area (Å²) in [6.07, 6.45) is 10.6. The van der Waals surface area contributed by atoms with Crippen molar-refractivity contribution >= 4 is 49.3 Å². The number of hydrogen-bond donors (Lipinski definition) is 1. The van der Waals surface area contributed by atoms with Crippen LogP contribution in [0.15, 0.2) is 52.8 Å². The van der Waals surface area contributed by atoms with Crippen molar-refractivity contribution in [2.45, 2.75) is 98.8 Å². The first kappa shape index (κ1) is 35.0. The molecule has 1 aliphatic carbocycles. The second kappa shape index (κ2) is 14.7. The van der Waals surface area contributed by atoms with E-state index in [1.165, 1.54) is 45.9 Å². The van der Waals surface area contributed by atoms with Gasteiger partial charge in [0.05, 0.1) is 16.0 Å². The van der Waals surface area contributed by atoms with Gasteiger partial charge in [-0.05, 0) is 86.1 Å². The number of carbonyl (C=O) groups excluding carboxylic acids is 1. The average Bonchev–Trinajstić information content (AvgIpc) is 3.56. The average molecular weight is 802 g/mol. The number of thiophene rings is 1. The van der Waals surface area contributed by atoms with Gasteiger partial charge in [0.15, 0.2) is 5.78 Å². The van der Waals surface area contributed by atoms with Crippen LogP contribution in [-0.4, -0.2) is 20.9 Å². The zero-order chi connectivity index (χ0) is 31.6. The normalized spacial score (nSPS) is 14.5. The number of allylic oxidation sites excluding steroid dienone is 2. The van der Waals surface area contributed by atoms with Gasteiger partial charge in [0.1, 0.15) is 0 Å². The van der Waals surface area contributed by atoms with Gasteiger partial charge in [-0.1, -0.05) is 58.6 Å². The molecule has 0 spiro atoms. The third-order valence-corrected chi connectivity index (χ3v) is 10.5. The predicted molar refractivity (Wildman–Crippen MR) is 184 cm³/mol. The first-order valence-electron chi connectivity index (χ1n) is 16.2. The Hall–Kier alpha value is -2.86. The molecule has 6 rings (SSSR count). The predicted octanol–water partition coefficient (Wildman–Crippen LogP) is 10.8. The van der Waals surface area contributed by atoms with Crippen LogP contribution >= 0.6 is 11.3 Å². The fourth-order valence-corrected chi connectivity index (χ4v) is 7.99. The number of pyridine rings is 2. The number of rotatable bonds is 8. The van der Waals surface area contributed by atoms with Crippen LogP contribution in [0.4, 0.5) is 0 Å². The number of furan rings is 1. The van der Waals surface area contributed by atoms with Crippen LogP contribution in [0.5, 0.6) is 0 Å². The fourth-order valence-electron chi connectivity index (χ4n) is 6.61. The van der Waals surface area contributed by atoms with Crippen LogP contribution in [0.25, 0.3) is 43.4 Å². The summed E-state index contributed by atoms with van der Waals surface area (Å²) in [6, 6.07) is 13.8. The molecule has 7 heteroatoms. The van der Waals surface area contributed by atoms with Crippen LogP contribution < -0.4 is 0 Å². The molecule has 0 bridgehead atoms. The number of aromatic nitrogens is 2. The number of ketones is 1. The van der Waals surface area contributed by atoms with Crippen molar-refractivity contribution in [1.29, 1.82) is 0 Å². The Morgan fingerprint density at radius 2 is 1.78 bits per heavy atom. The van der Waals surface area contributed by atoms with Crippen molar-refractivity contribution < 1.29 is 34.4 Å². The van der Waals surface area contributed by atoms with Gasteiger partial charge in [-0.3, -0.25) is 4.79 Å². The Labute approximate surface area is 284 Å². The van der Waals surface area contributed by atoms with Gasteiger partial charge in [0.2, 0.25) is 5.71 Å². The maximum Gasteiger partial charge on any atom is 0.216 e. The standard InChI is InChI=1S/C25H21N2OS.C13H24O2.Ir/c1-14-9-10-16-15-6-4-7-17(23(15)28-24(16)27-14)19-12-18-21(13-26-19)29-20-8-5-11-25(2,3)22(18)20;1-5-10(6-2)12(14)9-13(15)11(7-3)8-4;/h4,6,9-10,12-13H,5,8,11H2,1-3H3;9-11,14H,5-8H2,1-4H3;/q-1;;/b;12-9-;. The minimum atomic E-state index is 0. The number of aliphatic hydroxyl groups excluding tert-OH is 1. The molecule has 5 aromatic rings. The van der Waals surface area contributed by atoms with Gasteiger partial charge < -0.3 is 14.5 Å². The quantitative estimate of drug-likeness (QED) is 0.0961. The molecule has 0 saturated carbocycles. The fraction of sp³-hybridized carbons (Fsp3) is 0.447. The Bertz CT molecular complexity index is 1830. The van der Waals surface area contributed by atoms with Crippen LogP contribution in [0.2, 0.25) is 0 Å². The van der Waals surface area contributed by atoms with E-state index < -0.39 is 0 Å². The Morgan fingerprint density at radius 3 is 2.47 bits per heavy atom. The largest absolute Gasteiger partial charge is 0.512 e. The Kier molecular flexibility index (Phi) is 11.4. The molecule has 4 heterocycles. The Morgan fingerprint density at radius 1 is 1.07 bits per heavy atom. The molecule has 1 N–H and O–H groups in total. The molecule has 5 nitrogen and oxygen atoms in total. The van der Waals surface area contributed by atoms with E-state index in [0.717, 1.165) is 59.0 Å². The molecule has 1 aromatic carbocycles. The van der Waals surface area contributed by atoms with Gasteiger partial charge in [-0.15, -0.1) is 29.5 Å². The zero-order valence-electron chi connectivity index (χ0n) is 27.5. The monoisotopic (exact) mass is 802 g/mol. The summed E-state index contributed by atoms with van der Waals surface area (Å²) in [5.41, 5.74) is 6.00. The minimum absolute atomic E-state index is 0. The second-order valence-electron chi connectivity index (χ2n) is 12.7. The molecule has 4 aromatic heterocycles. The van der Waals surface area contributed by atoms with Gasteiger partial charge in [0.25, 0.3) is 0 Å². The van der Waals surface area contributed by atoms with E-state index >= 15 is 0 Å². The molecule has 241 valence electrons. The van der Waals surface area contributed by atoms with E-state index in [-0.39, 0.29) is 48.9 Å². The van der Waals surface area contributed by atoms with Gasteiger partial charge in [-0.25, -0.2) is 4.98 Å². The third-order valence-electron chi connectivity index (χ3n) is 9.31. The molecular weight excluding hydrogens is 757 g/mol. The molecule has 1 aliphatic rings. The number of aliphatic hydroxyl groups is 1. The number of hydrogen-bond acceptors (Lipinski definition) is 6. The van der Waals surface area contributed by atoms with E-state index in [9.17, 15) is 9.90 Å². The van der Waals surface area contributed by atoms with Crippen LogP contribution in [-0.2, 0) is 36.7 Å². The van der Waals surface area contributed by atoms with Crippen molar-refractivity contribution in [3.8, 4) is 11.3 Å². The van der Waals surface area contributed by atoms with Crippen molar-refractivity contribution in [1.82, 2.24) is 9.97 Å². The van der Waals surface area contributed by atoms with Crippen molar-refractivity contribution in [2.75, 3.05) is 0 Å². The van der Waals surface area contributed by atoms with Gasteiger partial charge in [-0.2, -0.15) is 0 Å². The molecule has 1 radical (unpaired) electrons. The molecule has 0 amide bonds. The Balaban J connectivity index is 0.000000249. The first-order valence-corrected chi connectivity index (χ1v) is 17.0. The van der Waals surface area contributed by atoms with E-state index in [2.05, 4.69) is 43.1 Å². The second-order valence-corrected chi connectivity index (χ2v) is 13.8. The van der Waals surface area contributed by atoms with Gasteiger partial charge >= 0.3 is 0 Å². The number of carbonyl (C=O) groups is 1. The van der Waals surface area contributed by atoms with E-state index in [4.69, 9.17) is 9.40 Å². The molecular formula is C38H45IrN2O3S-. The molecule has 0 saturated heterocycles. The van der Waals surface area contributed by atoms with E-state index in [0.29, 0.717) is 5.71 Å². The van der Waals surface area contributed by atoms with E-state index in [1.807, 2.05) is 64.3 Å². The molecule has 0 unspecified atom stereocenters. The molecule has 0 fully saturated rings. The first-order chi connectivity index (χ1) is 21.1. The van der Waals surface area contributed by atoms with Crippen molar-refractivity contribution in [2.24, 2.45) is 11.8 Å². The van der Waals surface area contributed by atoms with Crippen LogP contribution in [0.1, 0.15) is 96.2 Å². The number of fused-ring (bicyclic) bond motifs is 6. The summed E-state index contributed by atoms with van der Waals surface area (Å²) in [7, 11) is 0. The topological polar surface area (TPSA) is 76.2 Å². The maximum atomic E-state index is 11.7. The summed E-state index contributed by atoms with van der Waals surface area (Å²) in [4.78, 5) is 22.6. The van der Waals surface area contributed by atoms with Gasteiger partial charge in [0, 0.05) is 60.2 Å². The van der Waals surface area contributed by atoms with Crippen LogP contribution in [0, 0.1) is 24.8 Å². The zero-order valence-corrected chi connectivity index (χ0v) is 30.8. The molecule has 0 atom stereocenters. The van der Waals surface area contributed by atoms with Crippen molar-refractivity contribution in [3.63, 3.8) is 0 Å². The summed E-state index contributed by atoms with van der Waals surface area (Å²) in [5, 5.41) is 13.2. The molecule has 45 heavy (non-hydrogen) atoms. The molecule has 0 aliphatic heterocycles. The summed E-state index contributed by atoms with van der Waals surface area (Å²) >= 11 is 1.91. The SMILES string of the molecule is CCC(CC)C(=O)/C=C(\O)C(CC)CC.Cc1ccc2c(n1)oc1c(-c3cc4c5c(sc4cn3)CCCC5(C)C)[c-]ccc12.[Ir]. The summed E-state index contributed by atoms with van der Waals surface area (Å²) < 4.78 is 7.47. The van der Waals surface area contributed by atoms with E-state index in [1.54, 1.807) is 0 Å². The number of nitrogens with zero attached hydrogens (tertiary/aromatic N) is 2. The van der Waals surface area contributed by atoms with Crippen LogP contribution in [0.3, 0.4) is 0 Å². The van der Waals surface area contributed by atoms with Crippen molar-refractivity contribution in [3.05, 3.63) is 70.6 Å². The number of aryl methyl sites for hydroxylation is 2. The maximum absolute atomic E-state index is 11.7. The summed E-state index contributed by atoms with van der Waals surface area (Å²) in [6.45, 7) is 14.8.